The molecule has 2 heteroatoms. The Morgan fingerprint density at radius 1 is 1.33 bits per heavy atom. The van der Waals surface area contributed by atoms with Crippen molar-refractivity contribution in [2.24, 2.45) is 17.8 Å². The summed E-state index contributed by atoms with van der Waals surface area (Å²) in [4.78, 5) is 12.0. The molecule has 0 aliphatic heterocycles. The third-order valence-electron chi connectivity index (χ3n) is 4.63. The summed E-state index contributed by atoms with van der Waals surface area (Å²) in [7, 11) is 0. The van der Waals surface area contributed by atoms with Crippen LogP contribution in [0.5, 0.6) is 0 Å². The lowest BCUT2D eigenvalue weighted by Crippen LogP contribution is -2.20. The number of hydrogen-bond donors (Lipinski definition) is 1. The summed E-state index contributed by atoms with van der Waals surface area (Å²) in [6.45, 7) is 2.05. The van der Waals surface area contributed by atoms with Crippen LogP contribution < -0.4 is 5.32 Å². The predicted molar refractivity (Wildman–Crippen MR) is 73.4 cm³/mol. The van der Waals surface area contributed by atoms with E-state index in [9.17, 15) is 4.79 Å². The lowest BCUT2D eigenvalue weighted by atomic mass is 9.86. The van der Waals surface area contributed by atoms with Gasteiger partial charge < -0.3 is 5.32 Å². The number of anilines is 1. The molecule has 3 rings (SSSR count). The largest absolute Gasteiger partial charge is 0.326 e. The monoisotopic (exact) mass is 243 g/mol. The SMILES string of the molecule is Cc1cccc(NC(=O)CC2CC3CCC2C3)c1. The highest BCUT2D eigenvalue weighted by molar-refractivity contribution is 5.90. The molecule has 0 radical (unpaired) electrons. The molecule has 1 aromatic rings. The van der Waals surface area contributed by atoms with Crippen LogP contribution >= 0.6 is 0 Å². The molecule has 2 nitrogen and oxygen atoms in total. The highest BCUT2D eigenvalue weighted by Crippen LogP contribution is 2.49. The van der Waals surface area contributed by atoms with Crippen molar-refractivity contribution in [2.75, 3.05) is 5.32 Å². The van der Waals surface area contributed by atoms with Gasteiger partial charge in [-0.15, -0.1) is 0 Å². The fraction of sp³-hybridized carbons (Fsp3) is 0.562. The summed E-state index contributed by atoms with van der Waals surface area (Å²) in [6.07, 6.45) is 6.14. The lowest BCUT2D eigenvalue weighted by molar-refractivity contribution is -0.117. The first kappa shape index (κ1) is 11.8. The minimum atomic E-state index is 0.193. The first-order valence-corrected chi connectivity index (χ1v) is 7.07. The van der Waals surface area contributed by atoms with Crippen molar-refractivity contribution in [3.05, 3.63) is 29.8 Å². The predicted octanol–water partition coefficient (Wildman–Crippen LogP) is 3.76. The zero-order valence-corrected chi connectivity index (χ0v) is 11.0. The molecular weight excluding hydrogens is 222 g/mol. The van der Waals surface area contributed by atoms with Gasteiger partial charge in [0.15, 0.2) is 0 Å². The molecule has 1 amide bonds. The van der Waals surface area contributed by atoms with Gasteiger partial charge in [-0.3, -0.25) is 4.79 Å². The Bertz CT molecular complexity index is 454. The van der Waals surface area contributed by atoms with Crippen molar-refractivity contribution < 1.29 is 4.79 Å². The molecule has 2 aliphatic carbocycles. The quantitative estimate of drug-likeness (QED) is 0.860. The van der Waals surface area contributed by atoms with Crippen LogP contribution in [0.2, 0.25) is 0 Å². The molecular formula is C16H21NO. The fourth-order valence-electron chi connectivity index (χ4n) is 3.80. The van der Waals surface area contributed by atoms with Gasteiger partial charge in [0, 0.05) is 12.1 Å². The van der Waals surface area contributed by atoms with Crippen molar-refractivity contribution in [3.63, 3.8) is 0 Å². The van der Waals surface area contributed by atoms with Crippen LogP contribution in [0.25, 0.3) is 0 Å². The first-order chi connectivity index (χ1) is 8.70. The highest BCUT2D eigenvalue weighted by Gasteiger charge is 2.40. The van der Waals surface area contributed by atoms with Gasteiger partial charge in [-0.05, 0) is 61.6 Å². The first-order valence-electron chi connectivity index (χ1n) is 7.07. The second-order valence-corrected chi connectivity index (χ2v) is 6.06. The number of hydrogen-bond acceptors (Lipinski definition) is 1. The van der Waals surface area contributed by atoms with Gasteiger partial charge in [0.1, 0.15) is 0 Å². The number of nitrogens with one attached hydrogen (secondary N) is 1. The van der Waals surface area contributed by atoms with Crippen LogP contribution in [0.3, 0.4) is 0 Å². The highest BCUT2D eigenvalue weighted by atomic mass is 16.1. The van der Waals surface area contributed by atoms with Gasteiger partial charge in [0.2, 0.25) is 5.91 Å². The summed E-state index contributed by atoms with van der Waals surface area (Å²) in [5, 5.41) is 3.03. The molecule has 0 heterocycles. The van der Waals surface area contributed by atoms with Crippen LogP contribution in [0.15, 0.2) is 24.3 Å². The molecule has 3 unspecified atom stereocenters. The van der Waals surface area contributed by atoms with Crippen molar-refractivity contribution >= 4 is 11.6 Å². The topological polar surface area (TPSA) is 29.1 Å². The minimum Gasteiger partial charge on any atom is -0.326 e. The van der Waals surface area contributed by atoms with E-state index in [1.807, 2.05) is 31.2 Å². The van der Waals surface area contributed by atoms with Gasteiger partial charge in [0.25, 0.3) is 0 Å². The Morgan fingerprint density at radius 3 is 2.89 bits per heavy atom. The Morgan fingerprint density at radius 2 is 2.22 bits per heavy atom. The zero-order chi connectivity index (χ0) is 12.5. The van der Waals surface area contributed by atoms with E-state index in [4.69, 9.17) is 0 Å². The summed E-state index contributed by atoms with van der Waals surface area (Å²) in [5.41, 5.74) is 2.12. The molecule has 2 saturated carbocycles. The maximum Gasteiger partial charge on any atom is 0.224 e. The molecule has 3 atom stereocenters. The molecule has 1 N–H and O–H groups in total. The van der Waals surface area contributed by atoms with Gasteiger partial charge >= 0.3 is 0 Å². The summed E-state index contributed by atoms with van der Waals surface area (Å²) in [5.74, 6) is 2.59. The number of carbonyl (C=O) groups excluding carboxylic acids is 1. The number of aryl methyl sites for hydroxylation is 1. The standard InChI is InChI=1S/C16H21NO/c1-11-3-2-4-15(7-11)17-16(18)10-14-9-12-5-6-13(14)8-12/h2-4,7,12-14H,5-6,8-10H2,1H3,(H,17,18). The van der Waals surface area contributed by atoms with Crippen LogP contribution in [-0.4, -0.2) is 5.91 Å². The lowest BCUT2D eigenvalue weighted by Gasteiger charge is -2.20. The summed E-state index contributed by atoms with van der Waals surface area (Å²) in [6, 6.07) is 8.03. The van der Waals surface area contributed by atoms with Crippen LogP contribution in [0.4, 0.5) is 5.69 Å². The summed E-state index contributed by atoms with van der Waals surface area (Å²) >= 11 is 0. The number of fused-ring (bicyclic) bond motifs is 2. The molecule has 2 fully saturated rings. The number of carbonyl (C=O) groups is 1. The van der Waals surface area contributed by atoms with E-state index in [1.54, 1.807) is 0 Å². The molecule has 18 heavy (non-hydrogen) atoms. The Balaban J connectivity index is 1.56. The second-order valence-electron chi connectivity index (χ2n) is 6.06. The van der Waals surface area contributed by atoms with E-state index in [0.717, 1.165) is 23.9 Å². The van der Waals surface area contributed by atoms with Crippen LogP contribution in [0, 0.1) is 24.7 Å². The minimum absolute atomic E-state index is 0.193. The average molecular weight is 243 g/mol. The summed E-state index contributed by atoms with van der Waals surface area (Å²) < 4.78 is 0. The van der Waals surface area contributed by atoms with Crippen molar-refractivity contribution in [2.45, 2.75) is 39.0 Å². The average Bonchev–Trinajstić information content (AvgIpc) is 2.90. The van der Waals surface area contributed by atoms with Gasteiger partial charge in [-0.2, -0.15) is 0 Å². The van der Waals surface area contributed by atoms with Crippen molar-refractivity contribution in [1.29, 1.82) is 0 Å². The van der Waals surface area contributed by atoms with Crippen molar-refractivity contribution in [1.82, 2.24) is 0 Å². The zero-order valence-electron chi connectivity index (χ0n) is 11.0. The number of benzene rings is 1. The van der Waals surface area contributed by atoms with Gasteiger partial charge in [-0.1, -0.05) is 18.6 Å². The van der Waals surface area contributed by atoms with Crippen molar-refractivity contribution in [3.8, 4) is 0 Å². The Hall–Kier alpha value is -1.31. The Labute approximate surface area is 109 Å². The molecule has 0 saturated heterocycles. The third-order valence-corrected chi connectivity index (χ3v) is 4.63. The van der Waals surface area contributed by atoms with Crippen LogP contribution in [0.1, 0.15) is 37.7 Å². The fourth-order valence-corrected chi connectivity index (χ4v) is 3.80. The second kappa shape index (κ2) is 4.75. The van der Waals surface area contributed by atoms with E-state index >= 15 is 0 Å². The third kappa shape index (κ3) is 2.43. The van der Waals surface area contributed by atoms with E-state index in [2.05, 4.69) is 5.32 Å². The number of rotatable bonds is 3. The maximum absolute atomic E-state index is 12.0. The molecule has 96 valence electrons. The molecule has 2 bridgehead atoms. The van der Waals surface area contributed by atoms with E-state index in [1.165, 1.54) is 31.2 Å². The maximum atomic E-state index is 12.0. The number of amides is 1. The van der Waals surface area contributed by atoms with Gasteiger partial charge in [0.05, 0.1) is 0 Å². The molecule has 1 aromatic carbocycles. The molecule has 2 aliphatic rings. The Kier molecular flexibility index (Phi) is 3.11. The normalized spacial score (nSPS) is 29.5. The van der Waals surface area contributed by atoms with Gasteiger partial charge in [-0.25, -0.2) is 0 Å². The smallest absolute Gasteiger partial charge is 0.224 e. The van der Waals surface area contributed by atoms with E-state index in [0.29, 0.717) is 5.92 Å². The van der Waals surface area contributed by atoms with E-state index < -0.39 is 0 Å². The molecule has 0 spiro atoms. The molecule has 0 aromatic heterocycles. The van der Waals surface area contributed by atoms with Crippen LogP contribution in [-0.2, 0) is 4.79 Å². The van der Waals surface area contributed by atoms with E-state index in [-0.39, 0.29) is 5.91 Å².